The summed E-state index contributed by atoms with van der Waals surface area (Å²) in [6, 6.07) is 0.480. The van der Waals surface area contributed by atoms with Crippen molar-refractivity contribution in [3.05, 3.63) is 0 Å². The molecule has 2 atom stereocenters. The Bertz CT molecular complexity index is 103. The predicted molar refractivity (Wildman–Crippen MR) is 35.8 cm³/mol. The largest absolute Gasteiger partial charge is 0.348 e. The molecule has 0 amide bonds. The summed E-state index contributed by atoms with van der Waals surface area (Å²) in [6.45, 7) is 4.71. The van der Waals surface area contributed by atoms with Crippen LogP contribution < -0.4 is 11.1 Å². The van der Waals surface area contributed by atoms with Crippen molar-refractivity contribution in [2.75, 3.05) is 6.61 Å². The summed E-state index contributed by atoms with van der Waals surface area (Å²) in [5, 5.41) is 3.11. The molecule has 0 radical (unpaired) electrons. The van der Waals surface area contributed by atoms with E-state index in [0.29, 0.717) is 6.04 Å². The standard InChI is InChI=1S/C6H14N2O/c1-5-3-4-9-6(2,7)8-5/h5,8H,3-4,7H2,1-2H3. The van der Waals surface area contributed by atoms with Gasteiger partial charge in [-0.1, -0.05) is 0 Å². The van der Waals surface area contributed by atoms with E-state index >= 15 is 0 Å². The molecule has 1 rings (SSSR count). The highest BCUT2D eigenvalue weighted by Gasteiger charge is 2.25. The third-order valence-corrected chi connectivity index (χ3v) is 1.49. The number of nitrogens with one attached hydrogen (secondary N) is 1. The molecule has 3 heteroatoms. The molecule has 0 spiro atoms. The van der Waals surface area contributed by atoms with E-state index in [1.807, 2.05) is 6.92 Å². The van der Waals surface area contributed by atoms with Gasteiger partial charge in [-0.3, -0.25) is 11.1 Å². The van der Waals surface area contributed by atoms with Crippen LogP contribution in [0.3, 0.4) is 0 Å². The molecule has 0 saturated carbocycles. The zero-order valence-corrected chi connectivity index (χ0v) is 5.98. The Morgan fingerprint density at radius 1 is 1.78 bits per heavy atom. The number of rotatable bonds is 0. The van der Waals surface area contributed by atoms with E-state index in [-0.39, 0.29) is 0 Å². The van der Waals surface area contributed by atoms with E-state index in [1.54, 1.807) is 0 Å². The molecule has 2 unspecified atom stereocenters. The van der Waals surface area contributed by atoms with Crippen molar-refractivity contribution in [2.45, 2.75) is 32.2 Å². The van der Waals surface area contributed by atoms with Crippen molar-refractivity contribution < 1.29 is 4.74 Å². The second-order valence-electron chi connectivity index (χ2n) is 2.79. The molecule has 9 heavy (non-hydrogen) atoms. The lowest BCUT2D eigenvalue weighted by atomic mass is 10.2. The molecule has 54 valence electrons. The van der Waals surface area contributed by atoms with E-state index in [4.69, 9.17) is 10.5 Å². The van der Waals surface area contributed by atoms with Crippen LogP contribution in [0, 0.1) is 0 Å². The number of nitrogens with two attached hydrogens (primary N) is 1. The zero-order valence-electron chi connectivity index (χ0n) is 5.98. The smallest absolute Gasteiger partial charge is 0.169 e. The summed E-state index contributed by atoms with van der Waals surface area (Å²) in [4.78, 5) is 0. The third-order valence-electron chi connectivity index (χ3n) is 1.49. The number of ether oxygens (including phenoxy) is 1. The fourth-order valence-corrected chi connectivity index (χ4v) is 1.05. The molecular formula is C6H14N2O. The van der Waals surface area contributed by atoms with Gasteiger partial charge in [0.25, 0.3) is 0 Å². The highest BCUT2D eigenvalue weighted by molar-refractivity contribution is 4.74. The van der Waals surface area contributed by atoms with Gasteiger partial charge in [0.05, 0.1) is 6.61 Å². The summed E-state index contributed by atoms with van der Waals surface area (Å²) in [7, 11) is 0. The lowest BCUT2D eigenvalue weighted by Crippen LogP contribution is -2.59. The third kappa shape index (κ3) is 1.93. The van der Waals surface area contributed by atoms with E-state index in [0.717, 1.165) is 13.0 Å². The SMILES string of the molecule is CC1CCOC(C)(N)N1. The average molecular weight is 130 g/mol. The first-order chi connectivity index (χ1) is 4.10. The predicted octanol–water partition coefficient (Wildman–Crippen LogP) is 0.0172. The van der Waals surface area contributed by atoms with Crippen LogP contribution in [0.15, 0.2) is 0 Å². The molecule has 1 saturated heterocycles. The molecule has 3 nitrogen and oxygen atoms in total. The van der Waals surface area contributed by atoms with E-state index in [1.165, 1.54) is 0 Å². The van der Waals surface area contributed by atoms with Gasteiger partial charge in [0, 0.05) is 6.04 Å². The summed E-state index contributed by atoms with van der Waals surface area (Å²) in [5.74, 6) is -0.600. The average Bonchev–Trinajstić information content (AvgIpc) is 1.60. The Balaban J connectivity index is 2.41. The van der Waals surface area contributed by atoms with E-state index in [2.05, 4.69) is 12.2 Å². The van der Waals surface area contributed by atoms with Crippen molar-refractivity contribution in [2.24, 2.45) is 5.73 Å². The van der Waals surface area contributed by atoms with Crippen molar-refractivity contribution in [3.63, 3.8) is 0 Å². The van der Waals surface area contributed by atoms with Crippen LogP contribution in [0.2, 0.25) is 0 Å². The van der Waals surface area contributed by atoms with Gasteiger partial charge in [0.2, 0.25) is 0 Å². The topological polar surface area (TPSA) is 47.3 Å². The first-order valence-electron chi connectivity index (χ1n) is 3.31. The van der Waals surface area contributed by atoms with Gasteiger partial charge in [0.1, 0.15) is 0 Å². The highest BCUT2D eigenvalue weighted by Crippen LogP contribution is 2.08. The maximum atomic E-state index is 5.63. The van der Waals surface area contributed by atoms with Gasteiger partial charge in [-0.15, -0.1) is 0 Å². The Morgan fingerprint density at radius 2 is 2.44 bits per heavy atom. The molecular weight excluding hydrogens is 116 g/mol. The zero-order chi connectivity index (χ0) is 6.91. The number of hydrogen-bond donors (Lipinski definition) is 2. The monoisotopic (exact) mass is 130 g/mol. The molecule has 0 aromatic carbocycles. The maximum absolute atomic E-state index is 5.63. The molecule has 0 bridgehead atoms. The van der Waals surface area contributed by atoms with Crippen molar-refractivity contribution >= 4 is 0 Å². The fraction of sp³-hybridized carbons (Fsp3) is 1.00. The molecule has 1 fully saturated rings. The lowest BCUT2D eigenvalue weighted by molar-refractivity contribution is -0.0907. The Kier molecular flexibility index (Phi) is 1.75. The number of hydrogen-bond acceptors (Lipinski definition) is 3. The van der Waals surface area contributed by atoms with Crippen LogP contribution >= 0.6 is 0 Å². The minimum absolute atomic E-state index is 0.480. The van der Waals surface area contributed by atoms with Crippen LogP contribution in [0.1, 0.15) is 20.3 Å². The van der Waals surface area contributed by atoms with Gasteiger partial charge in [-0.05, 0) is 20.3 Å². The molecule has 0 aromatic rings. The second kappa shape index (κ2) is 2.25. The molecule has 3 N–H and O–H groups in total. The molecule has 1 aliphatic heterocycles. The lowest BCUT2D eigenvalue weighted by Gasteiger charge is -2.34. The maximum Gasteiger partial charge on any atom is 0.169 e. The summed E-state index contributed by atoms with van der Waals surface area (Å²) < 4.78 is 5.20. The Morgan fingerprint density at radius 3 is 2.78 bits per heavy atom. The Labute approximate surface area is 55.6 Å². The van der Waals surface area contributed by atoms with Crippen LogP contribution in [0.5, 0.6) is 0 Å². The van der Waals surface area contributed by atoms with Gasteiger partial charge in [-0.2, -0.15) is 0 Å². The van der Waals surface area contributed by atoms with Gasteiger partial charge >= 0.3 is 0 Å². The minimum Gasteiger partial charge on any atom is -0.348 e. The first kappa shape index (κ1) is 6.99. The van der Waals surface area contributed by atoms with Crippen molar-refractivity contribution in [1.29, 1.82) is 0 Å². The van der Waals surface area contributed by atoms with Crippen molar-refractivity contribution in [3.8, 4) is 0 Å². The molecule has 1 aliphatic rings. The normalized spacial score (nSPS) is 45.0. The van der Waals surface area contributed by atoms with E-state index in [9.17, 15) is 0 Å². The van der Waals surface area contributed by atoms with Gasteiger partial charge in [-0.25, -0.2) is 0 Å². The highest BCUT2D eigenvalue weighted by atomic mass is 16.5. The van der Waals surface area contributed by atoms with Crippen LogP contribution in [0.4, 0.5) is 0 Å². The molecule has 0 aliphatic carbocycles. The van der Waals surface area contributed by atoms with Crippen LogP contribution in [-0.2, 0) is 4.74 Å². The fourth-order valence-electron chi connectivity index (χ4n) is 1.05. The van der Waals surface area contributed by atoms with E-state index < -0.39 is 5.85 Å². The van der Waals surface area contributed by atoms with Gasteiger partial charge in [0.15, 0.2) is 5.85 Å². The van der Waals surface area contributed by atoms with Crippen LogP contribution in [0.25, 0.3) is 0 Å². The summed E-state index contributed by atoms with van der Waals surface area (Å²) >= 11 is 0. The van der Waals surface area contributed by atoms with Gasteiger partial charge < -0.3 is 4.74 Å². The molecule has 0 aromatic heterocycles. The Hall–Kier alpha value is -0.120. The first-order valence-corrected chi connectivity index (χ1v) is 3.31. The minimum atomic E-state index is -0.600. The molecule has 1 heterocycles. The second-order valence-corrected chi connectivity index (χ2v) is 2.79. The summed E-state index contributed by atoms with van der Waals surface area (Å²) in [5.41, 5.74) is 5.63. The summed E-state index contributed by atoms with van der Waals surface area (Å²) in [6.07, 6.45) is 1.05. The van der Waals surface area contributed by atoms with Crippen molar-refractivity contribution in [1.82, 2.24) is 5.32 Å². The van der Waals surface area contributed by atoms with Crippen LogP contribution in [-0.4, -0.2) is 18.5 Å². The quantitative estimate of drug-likeness (QED) is 0.486.